The third-order valence-corrected chi connectivity index (χ3v) is 3.98. The molecule has 0 aliphatic carbocycles. The summed E-state index contributed by atoms with van der Waals surface area (Å²) >= 11 is 0. The van der Waals surface area contributed by atoms with Gasteiger partial charge in [-0.25, -0.2) is 0 Å². The fraction of sp³-hybridized carbons (Fsp3) is 0.0476. The van der Waals surface area contributed by atoms with Gasteiger partial charge in [0.05, 0.1) is 28.0 Å². The van der Waals surface area contributed by atoms with Crippen molar-refractivity contribution < 1.29 is 0 Å². The van der Waals surface area contributed by atoms with Crippen LogP contribution in [0, 0.1) is 22.7 Å². The number of allylic oxidation sites excluding steroid dienone is 1. The maximum absolute atomic E-state index is 9.55. The fourth-order valence-electron chi connectivity index (χ4n) is 3.03. The van der Waals surface area contributed by atoms with Gasteiger partial charge in [-0.15, -0.1) is 0 Å². The zero-order valence-electron chi connectivity index (χ0n) is 13.3. The minimum absolute atomic E-state index is 0.469. The van der Waals surface area contributed by atoms with Crippen LogP contribution in [0.3, 0.4) is 0 Å². The van der Waals surface area contributed by atoms with E-state index in [4.69, 9.17) is 0 Å². The first-order valence-corrected chi connectivity index (χ1v) is 7.59. The Kier molecular flexibility index (Phi) is 4.01. The van der Waals surface area contributed by atoms with Crippen LogP contribution in [0.4, 0.5) is 0 Å². The lowest BCUT2D eigenvalue weighted by Gasteiger charge is -2.12. The van der Waals surface area contributed by atoms with Crippen LogP contribution >= 0.6 is 0 Å². The highest BCUT2D eigenvalue weighted by Gasteiger charge is 2.19. The van der Waals surface area contributed by atoms with E-state index >= 15 is 0 Å². The number of hydrogen-bond donors (Lipinski definition) is 0. The van der Waals surface area contributed by atoms with Gasteiger partial charge < -0.3 is 4.57 Å². The molecule has 0 saturated carbocycles. The summed E-state index contributed by atoms with van der Waals surface area (Å²) in [6.45, 7) is 5.88. The van der Waals surface area contributed by atoms with Crippen LogP contribution in [0.5, 0.6) is 0 Å². The average Bonchev–Trinajstić information content (AvgIpc) is 2.94. The maximum Gasteiger partial charge on any atom is 0.101 e. The summed E-state index contributed by atoms with van der Waals surface area (Å²) in [6, 6.07) is 17.6. The van der Waals surface area contributed by atoms with Gasteiger partial charge in [-0.05, 0) is 31.2 Å². The van der Waals surface area contributed by atoms with Crippen molar-refractivity contribution in [2.45, 2.75) is 6.92 Å². The molecule has 0 aliphatic heterocycles. The summed E-state index contributed by atoms with van der Waals surface area (Å²) in [6.07, 6.45) is 5.74. The zero-order chi connectivity index (χ0) is 17.1. The van der Waals surface area contributed by atoms with Crippen molar-refractivity contribution in [2.75, 3.05) is 0 Å². The summed E-state index contributed by atoms with van der Waals surface area (Å²) in [5.41, 5.74) is 4.39. The van der Waals surface area contributed by atoms with Crippen LogP contribution in [0.2, 0.25) is 0 Å². The molecule has 0 saturated heterocycles. The van der Waals surface area contributed by atoms with Crippen molar-refractivity contribution in [3.05, 3.63) is 77.5 Å². The third kappa shape index (κ3) is 2.20. The predicted octanol–water partition coefficient (Wildman–Crippen LogP) is 5.05. The molecule has 1 aromatic heterocycles. The van der Waals surface area contributed by atoms with E-state index < -0.39 is 0 Å². The fourth-order valence-corrected chi connectivity index (χ4v) is 3.03. The van der Waals surface area contributed by atoms with Crippen molar-refractivity contribution in [2.24, 2.45) is 0 Å². The average molecular weight is 309 g/mol. The van der Waals surface area contributed by atoms with Gasteiger partial charge in [0, 0.05) is 10.9 Å². The van der Waals surface area contributed by atoms with Crippen molar-refractivity contribution in [3.8, 4) is 17.8 Å². The van der Waals surface area contributed by atoms with Crippen LogP contribution in [0.25, 0.3) is 28.7 Å². The van der Waals surface area contributed by atoms with Gasteiger partial charge >= 0.3 is 0 Å². The van der Waals surface area contributed by atoms with Crippen LogP contribution in [0.15, 0.2) is 55.1 Å². The Balaban J connectivity index is 2.58. The lowest BCUT2D eigenvalue weighted by Crippen LogP contribution is -2.03. The Morgan fingerprint density at radius 2 is 1.67 bits per heavy atom. The monoisotopic (exact) mass is 309 g/mol. The van der Waals surface area contributed by atoms with Gasteiger partial charge in [0.2, 0.25) is 0 Å². The quantitative estimate of drug-likeness (QED) is 0.679. The molecule has 0 radical (unpaired) electrons. The molecule has 0 fully saturated rings. The Labute approximate surface area is 141 Å². The molecular weight excluding hydrogens is 294 g/mol. The van der Waals surface area contributed by atoms with Crippen molar-refractivity contribution in [1.29, 1.82) is 10.5 Å². The van der Waals surface area contributed by atoms with Gasteiger partial charge in [-0.1, -0.05) is 43.0 Å². The first-order chi connectivity index (χ1) is 11.8. The van der Waals surface area contributed by atoms with Crippen LogP contribution in [-0.4, -0.2) is 4.57 Å². The Hall–Kier alpha value is -3.56. The van der Waals surface area contributed by atoms with Crippen molar-refractivity contribution >= 4 is 23.1 Å². The topological polar surface area (TPSA) is 52.5 Å². The lowest BCUT2D eigenvalue weighted by molar-refractivity contribution is 1.09. The molecule has 3 rings (SSSR count). The number of fused-ring (bicyclic) bond motifs is 1. The van der Waals surface area contributed by atoms with E-state index in [1.165, 1.54) is 0 Å². The maximum atomic E-state index is 9.55. The van der Waals surface area contributed by atoms with Crippen molar-refractivity contribution in [3.63, 3.8) is 0 Å². The van der Waals surface area contributed by atoms with E-state index in [1.807, 2.05) is 54.0 Å². The molecule has 0 amide bonds. The number of benzene rings is 2. The van der Waals surface area contributed by atoms with Gasteiger partial charge in [0.1, 0.15) is 12.1 Å². The highest BCUT2D eigenvalue weighted by atomic mass is 15.0. The lowest BCUT2D eigenvalue weighted by atomic mass is 10.1. The molecule has 3 aromatic rings. The molecule has 114 valence electrons. The highest BCUT2D eigenvalue weighted by Crippen LogP contribution is 2.33. The summed E-state index contributed by atoms with van der Waals surface area (Å²) in [5.74, 6) is 0. The summed E-state index contributed by atoms with van der Waals surface area (Å²) in [4.78, 5) is 0. The van der Waals surface area contributed by atoms with E-state index in [9.17, 15) is 10.5 Å². The first-order valence-electron chi connectivity index (χ1n) is 7.59. The molecule has 0 N–H and O–H groups in total. The van der Waals surface area contributed by atoms with E-state index in [-0.39, 0.29) is 0 Å². The largest absolute Gasteiger partial charge is 0.307 e. The first kappa shape index (κ1) is 15.3. The number of nitriles is 2. The van der Waals surface area contributed by atoms with E-state index in [1.54, 1.807) is 18.2 Å². The van der Waals surface area contributed by atoms with Crippen LogP contribution in [-0.2, 0) is 0 Å². The molecule has 1 heterocycles. The van der Waals surface area contributed by atoms with Crippen LogP contribution < -0.4 is 0 Å². The molecule has 2 aromatic carbocycles. The number of para-hydroxylation sites is 2. The molecule has 0 bridgehead atoms. The molecular formula is C21H15N3. The zero-order valence-corrected chi connectivity index (χ0v) is 13.3. The third-order valence-electron chi connectivity index (χ3n) is 3.98. The second kappa shape index (κ2) is 6.28. The SMILES string of the molecule is C=Cc1c(/C=C\C)n(-c2c(C#N)cccc2C#N)c2ccccc12. The summed E-state index contributed by atoms with van der Waals surface area (Å²) in [7, 11) is 0. The molecule has 0 aliphatic rings. The molecule has 24 heavy (non-hydrogen) atoms. The summed E-state index contributed by atoms with van der Waals surface area (Å²) in [5, 5.41) is 20.1. The van der Waals surface area contributed by atoms with E-state index in [0.29, 0.717) is 16.8 Å². The molecule has 3 nitrogen and oxygen atoms in total. The number of nitrogens with zero attached hydrogens (tertiary/aromatic N) is 3. The van der Waals surface area contributed by atoms with Crippen LogP contribution in [0.1, 0.15) is 29.3 Å². The predicted molar refractivity (Wildman–Crippen MR) is 97.5 cm³/mol. The Morgan fingerprint density at radius 1 is 1.00 bits per heavy atom. The molecule has 0 unspecified atom stereocenters. The van der Waals surface area contributed by atoms with Gasteiger partial charge in [0.25, 0.3) is 0 Å². The standard InChI is InChI=1S/C21H15N3/c1-3-8-19-17(4-2)18-11-5-6-12-20(18)24(19)21-15(13-22)9-7-10-16(21)14-23/h3-12H,2H2,1H3/b8-3-. The number of hydrogen-bond acceptors (Lipinski definition) is 2. The number of rotatable bonds is 3. The van der Waals surface area contributed by atoms with Crippen molar-refractivity contribution in [1.82, 2.24) is 4.57 Å². The second-order valence-corrected chi connectivity index (χ2v) is 5.28. The second-order valence-electron chi connectivity index (χ2n) is 5.28. The smallest absolute Gasteiger partial charge is 0.101 e. The van der Waals surface area contributed by atoms with E-state index in [0.717, 1.165) is 22.2 Å². The molecule has 0 atom stereocenters. The minimum Gasteiger partial charge on any atom is -0.307 e. The normalized spacial score (nSPS) is 10.6. The Bertz CT molecular complexity index is 1020. The van der Waals surface area contributed by atoms with Gasteiger partial charge in [-0.3, -0.25) is 0 Å². The van der Waals surface area contributed by atoms with Gasteiger partial charge in [0.15, 0.2) is 0 Å². The minimum atomic E-state index is 0.469. The highest BCUT2D eigenvalue weighted by molar-refractivity contribution is 5.95. The van der Waals surface area contributed by atoms with E-state index in [2.05, 4.69) is 18.7 Å². The Morgan fingerprint density at radius 3 is 2.25 bits per heavy atom. The van der Waals surface area contributed by atoms with Gasteiger partial charge in [-0.2, -0.15) is 10.5 Å². The summed E-state index contributed by atoms with van der Waals surface area (Å²) < 4.78 is 1.98. The number of aromatic nitrogens is 1. The molecule has 0 spiro atoms. The molecule has 3 heteroatoms.